The summed E-state index contributed by atoms with van der Waals surface area (Å²) < 4.78 is 5.40. The summed E-state index contributed by atoms with van der Waals surface area (Å²) in [4.78, 5) is 10.2. The van der Waals surface area contributed by atoms with Crippen molar-refractivity contribution in [2.45, 2.75) is 13.3 Å². The van der Waals surface area contributed by atoms with Crippen molar-refractivity contribution in [1.29, 1.82) is 5.26 Å². The van der Waals surface area contributed by atoms with Gasteiger partial charge in [0.05, 0.1) is 19.1 Å². The van der Waals surface area contributed by atoms with Crippen LogP contribution in [0.25, 0.3) is 0 Å². The van der Waals surface area contributed by atoms with Gasteiger partial charge >= 0.3 is 0 Å². The van der Waals surface area contributed by atoms with Crippen LogP contribution in [-0.4, -0.2) is 23.1 Å². The molecule has 1 aromatic carbocycles. The molecule has 2 rings (SSSR count). The Balaban J connectivity index is 2.42. The van der Waals surface area contributed by atoms with Gasteiger partial charge in [0.25, 0.3) is 0 Å². The molecule has 0 aliphatic carbocycles. The maximum atomic E-state index is 8.85. The molecule has 6 heteroatoms. The maximum Gasteiger partial charge on any atom is 0.242 e. The normalized spacial score (nSPS) is 9.90. The van der Waals surface area contributed by atoms with Crippen LogP contribution in [0.4, 0.5) is 17.2 Å². The molecule has 0 saturated heterocycles. The molecule has 1 aromatic heterocycles. The summed E-state index contributed by atoms with van der Waals surface area (Å²) in [7, 11) is 0. The number of hydrogen-bond acceptors (Lipinski definition) is 6. The summed E-state index contributed by atoms with van der Waals surface area (Å²) in [5.41, 5.74) is 7.40. The van der Waals surface area contributed by atoms with Crippen molar-refractivity contribution in [3.63, 3.8) is 0 Å². The van der Waals surface area contributed by atoms with E-state index in [2.05, 4.69) is 16.0 Å². The highest BCUT2D eigenvalue weighted by Gasteiger charge is 2.17. The number of nitriles is 1. The quantitative estimate of drug-likeness (QED) is 0.876. The van der Waals surface area contributed by atoms with Crippen LogP contribution >= 0.6 is 0 Å². The second-order valence-corrected chi connectivity index (χ2v) is 4.24. The molecule has 0 atom stereocenters. The zero-order chi connectivity index (χ0) is 15.1. The molecule has 0 aliphatic heterocycles. The van der Waals surface area contributed by atoms with Crippen LogP contribution in [0.5, 0.6) is 5.88 Å². The molecular weight excluding hydrogens is 266 g/mol. The number of benzene rings is 1. The molecule has 0 saturated carbocycles. The zero-order valence-electron chi connectivity index (χ0n) is 11.9. The van der Waals surface area contributed by atoms with Gasteiger partial charge < -0.3 is 15.4 Å². The van der Waals surface area contributed by atoms with Crippen LogP contribution in [0, 0.1) is 11.3 Å². The van der Waals surface area contributed by atoms with Crippen molar-refractivity contribution in [1.82, 2.24) is 9.97 Å². The van der Waals surface area contributed by atoms with Gasteiger partial charge in [-0.05, 0) is 19.1 Å². The van der Waals surface area contributed by atoms with E-state index in [4.69, 9.17) is 15.7 Å². The van der Waals surface area contributed by atoms with E-state index in [1.165, 1.54) is 6.33 Å². The Hall–Kier alpha value is -2.81. The minimum Gasteiger partial charge on any atom is -0.476 e. The highest BCUT2D eigenvalue weighted by Crippen LogP contribution is 2.32. The fraction of sp³-hybridized carbons (Fsp3) is 0.267. The second-order valence-electron chi connectivity index (χ2n) is 4.24. The van der Waals surface area contributed by atoms with Crippen LogP contribution < -0.4 is 15.4 Å². The first-order valence-corrected chi connectivity index (χ1v) is 6.70. The zero-order valence-corrected chi connectivity index (χ0v) is 11.9. The molecule has 0 fully saturated rings. The van der Waals surface area contributed by atoms with Gasteiger partial charge in [-0.25, -0.2) is 4.98 Å². The van der Waals surface area contributed by atoms with Gasteiger partial charge in [-0.1, -0.05) is 18.2 Å². The van der Waals surface area contributed by atoms with E-state index in [9.17, 15) is 0 Å². The summed E-state index contributed by atoms with van der Waals surface area (Å²) >= 11 is 0. The van der Waals surface area contributed by atoms with Gasteiger partial charge in [0, 0.05) is 12.2 Å². The number of anilines is 3. The predicted octanol–water partition coefficient (Wildman–Crippen LogP) is 2.51. The van der Waals surface area contributed by atoms with E-state index in [1.54, 1.807) is 0 Å². The summed E-state index contributed by atoms with van der Waals surface area (Å²) in [6.07, 6.45) is 1.78. The molecule has 108 valence electrons. The summed E-state index contributed by atoms with van der Waals surface area (Å²) in [5, 5.41) is 8.85. The molecular formula is C15H17N5O. The summed E-state index contributed by atoms with van der Waals surface area (Å²) in [6.45, 7) is 2.84. The van der Waals surface area contributed by atoms with Gasteiger partial charge in [-0.3, -0.25) is 0 Å². The number of ether oxygens (including phenoxy) is 1. The SMILES string of the molecule is CCOc1ncnc(N(CCC#N)c2ccccc2)c1N. The average Bonchev–Trinajstić information content (AvgIpc) is 2.52. The molecule has 1 heterocycles. The van der Waals surface area contributed by atoms with Crippen LogP contribution in [0.3, 0.4) is 0 Å². The maximum absolute atomic E-state index is 8.85. The minimum absolute atomic E-state index is 0.361. The second kappa shape index (κ2) is 7.10. The Morgan fingerprint density at radius 3 is 2.71 bits per heavy atom. The van der Waals surface area contributed by atoms with E-state index in [0.29, 0.717) is 37.0 Å². The third-order valence-corrected chi connectivity index (χ3v) is 2.88. The molecule has 0 aliphatic rings. The minimum atomic E-state index is 0.361. The third-order valence-electron chi connectivity index (χ3n) is 2.88. The van der Waals surface area contributed by atoms with Crippen LogP contribution in [0.15, 0.2) is 36.7 Å². The molecule has 21 heavy (non-hydrogen) atoms. The van der Waals surface area contributed by atoms with Crippen LogP contribution in [0.1, 0.15) is 13.3 Å². The lowest BCUT2D eigenvalue weighted by molar-refractivity contribution is 0.328. The lowest BCUT2D eigenvalue weighted by Crippen LogP contribution is -2.21. The smallest absolute Gasteiger partial charge is 0.242 e. The topological polar surface area (TPSA) is 88.1 Å². The summed E-state index contributed by atoms with van der Waals surface area (Å²) in [6, 6.07) is 11.8. The molecule has 2 aromatic rings. The number of nitrogens with two attached hydrogens (primary N) is 1. The Bertz CT molecular complexity index is 624. The van der Waals surface area contributed by atoms with E-state index < -0.39 is 0 Å². The first-order valence-electron chi connectivity index (χ1n) is 6.70. The number of nitrogen functional groups attached to an aromatic ring is 1. The van der Waals surface area contributed by atoms with E-state index in [-0.39, 0.29) is 0 Å². The Kier molecular flexibility index (Phi) is 4.94. The van der Waals surface area contributed by atoms with Gasteiger partial charge in [-0.2, -0.15) is 10.2 Å². The number of para-hydroxylation sites is 1. The summed E-state index contributed by atoms with van der Waals surface area (Å²) in [5.74, 6) is 0.912. The van der Waals surface area contributed by atoms with Crippen molar-refractivity contribution >= 4 is 17.2 Å². The highest BCUT2D eigenvalue weighted by atomic mass is 16.5. The first-order chi connectivity index (χ1) is 10.3. The van der Waals surface area contributed by atoms with Gasteiger partial charge in [0.15, 0.2) is 5.82 Å². The third kappa shape index (κ3) is 3.39. The van der Waals surface area contributed by atoms with E-state index >= 15 is 0 Å². The van der Waals surface area contributed by atoms with Crippen LogP contribution in [-0.2, 0) is 0 Å². The van der Waals surface area contributed by atoms with E-state index in [0.717, 1.165) is 5.69 Å². The molecule has 6 nitrogen and oxygen atoms in total. The molecule has 0 spiro atoms. The Morgan fingerprint density at radius 1 is 1.29 bits per heavy atom. The number of hydrogen-bond donors (Lipinski definition) is 1. The predicted molar refractivity (Wildman–Crippen MR) is 81.3 cm³/mol. The van der Waals surface area contributed by atoms with E-state index in [1.807, 2.05) is 42.2 Å². The largest absolute Gasteiger partial charge is 0.476 e. The van der Waals surface area contributed by atoms with Gasteiger partial charge in [0.2, 0.25) is 5.88 Å². The monoisotopic (exact) mass is 283 g/mol. The van der Waals surface area contributed by atoms with Crippen molar-refractivity contribution in [3.05, 3.63) is 36.7 Å². The standard InChI is InChI=1S/C15H17N5O/c1-2-21-15-13(17)14(18-11-19-15)20(10-6-9-16)12-7-4-3-5-8-12/h3-5,7-8,11H,2,6,10,17H2,1H3. The average molecular weight is 283 g/mol. The number of aromatic nitrogens is 2. The lowest BCUT2D eigenvalue weighted by Gasteiger charge is -2.24. The fourth-order valence-corrected chi connectivity index (χ4v) is 1.96. The Morgan fingerprint density at radius 2 is 2.05 bits per heavy atom. The molecule has 2 N–H and O–H groups in total. The van der Waals surface area contributed by atoms with Crippen molar-refractivity contribution in [3.8, 4) is 11.9 Å². The van der Waals surface area contributed by atoms with Crippen molar-refractivity contribution < 1.29 is 4.74 Å². The Labute approximate surface area is 123 Å². The number of rotatable bonds is 6. The fourth-order valence-electron chi connectivity index (χ4n) is 1.96. The number of nitrogens with zero attached hydrogens (tertiary/aromatic N) is 4. The molecule has 0 amide bonds. The van der Waals surface area contributed by atoms with Crippen molar-refractivity contribution in [2.75, 3.05) is 23.8 Å². The highest BCUT2D eigenvalue weighted by molar-refractivity contribution is 5.74. The van der Waals surface area contributed by atoms with Gasteiger partial charge in [0.1, 0.15) is 12.0 Å². The van der Waals surface area contributed by atoms with Crippen LogP contribution in [0.2, 0.25) is 0 Å². The molecule has 0 radical (unpaired) electrons. The lowest BCUT2D eigenvalue weighted by atomic mass is 10.2. The molecule has 0 bridgehead atoms. The van der Waals surface area contributed by atoms with Crippen molar-refractivity contribution in [2.24, 2.45) is 0 Å². The molecule has 0 unspecified atom stereocenters. The first kappa shape index (κ1) is 14.6. The van der Waals surface area contributed by atoms with Gasteiger partial charge in [-0.15, -0.1) is 0 Å².